The van der Waals surface area contributed by atoms with Gasteiger partial charge in [-0.2, -0.15) is 0 Å². The number of benzene rings is 2. The molecule has 1 fully saturated rings. The Balaban J connectivity index is 1.61. The van der Waals surface area contributed by atoms with Gasteiger partial charge in [0.1, 0.15) is 0 Å². The van der Waals surface area contributed by atoms with Gasteiger partial charge in [0.2, 0.25) is 0 Å². The Bertz CT molecular complexity index is 1180. The van der Waals surface area contributed by atoms with Gasteiger partial charge in [-0.05, 0) is 62.2 Å². The summed E-state index contributed by atoms with van der Waals surface area (Å²) in [6, 6.07) is 17.7. The number of carbonyl (C=O) groups is 1. The molecule has 1 aliphatic carbocycles. The van der Waals surface area contributed by atoms with Crippen LogP contribution in [0.3, 0.4) is 0 Å². The Hall–Kier alpha value is -2.84. The zero-order valence-corrected chi connectivity index (χ0v) is 19.6. The quantitative estimate of drug-likeness (QED) is 0.426. The summed E-state index contributed by atoms with van der Waals surface area (Å²) in [7, 11) is -3.87. The Morgan fingerprint density at radius 2 is 1.75 bits per heavy atom. The monoisotopic (exact) mass is 469 g/mol. The number of nitrogens with one attached hydrogen (secondary N) is 3. The molecule has 0 atom stereocenters. The molecular weight excluding hydrogens is 442 g/mol. The van der Waals surface area contributed by atoms with E-state index in [-0.39, 0.29) is 16.8 Å². The summed E-state index contributed by atoms with van der Waals surface area (Å²) in [5.74, 6) is -0.247. The van der Waals surface area contributed by atoms with Gasteiger partial charge in [0, 0.05) is 39.3 Å². The van der Waals surface area contributed by atoms with Gasteiger partial charge in [0.25, 0.3) is 15.9 Å². The predicted molar refractivity (Wildman–Crippen MR) is 130 cm³/mol. The molecule has 1 amide bonds. The van der Waals surface area contributed by atoms with E-state index in [1.54, 1.807) is 47.7 Å². The van der Waals surface area contributed by atoms with E-state index in [0.29, 0.717) is 23.5 Å². The third-order valence-electron chi connectivity index (χ3n) is 5.46. The Labute approximate surface area is 193 Å². The molecule has 0 unspecified atom stereocenters. The fourth-order valence-electron chi connectivity index (χ4n) is 3.82. The lowest BCUT2D eigenvalue weighted by Gasteiger charge is -2.15. The molecule has 0 radical (unpaired) electrons. The zero-order chi connectivity index (χ0) is 22.6. The molecule has 0 aliphatic heterocycles. The van der Waals surface area contributed by atoms with E-state index in [2.05, 4.69) is 15.4 Å². The Morgan fingerprint density at radius 1 is 1.00 bits per heavy atom. The molecule has 3 N–H and O–H groups in total. The SMILES string of the molecule is Cc1ccc(CNc2cc(C(=O)NC3CCCC3)cc(S(=O)(=O)Nc3ccccc3)c2)s1. The van der Waals surface area contributed by atoms with E-state index < -0.39 is 10.0 Å². The van der Waals surface area contributed by atoms with Gasteiger partial charge < -0.3 is 10.6 Å². The number of thiophene rings is 1. The van der Waals surface area contributed by atoms with Crippen molar-refractivity contribution in [3.63, 3.8) is 0 Å². The molecule has 168 valence electrons. The molecule has 4 rings (SSSR count). The Morgan fingerprint density at radius 3 is 2.44 bits per heavy atom. The lowest BCUT2D eigenvalue weighted by molar-refractivity contribution is 0.0937. The molecule has 2 aromatic carbocycles. The number of rotatable bonds is 8. The molecule has 32 heavy (non-hydrogen) atoms. The maximum Gasteiger partial charge on any atom is 0.261 e. The number of sulfonamides is 1. The number of carbonyl (C=O) groups excluding carboxylic acids is 1. The lowest BCUT2D eigenvalue weighted by Crippen LogP contribution is -2.32. The highest BCUT2D eigenvalue weighted by Crippen LogP contribution is 2.25. The molecule has 1 aromatic heterocycles. The molecule has 3 aromatic rings. The third kappa shape index (κ3) is 5.69. The average Bonchev–Trinajstić information content (AvgIpc) is 3.44. The Kier molecular flexibility index (Phi) is 6.81. The van der Waals surface area contributed by atoms with E-state index >= 15 is 0 Å². The maximum atomic E-state index is 13.1. The van der Waals surface area contributed by atoms with Crippen LogP contribution in [0.25, 0.3) is 0 Å². The first kappa shape index (κ1) is 22.4. The number of para-hydroxylation sites is 1. The zero-order valence-electron chi connectivity index (χ0n) is 17.9. The molecule has 0 bridgehead atoms. The molecule has 6 nitrogen and oxygen atoms in total. The number of hydrogen-bond acceptors (Lipinski definition) is 5. The third-order valence-corrected chi connectivity index (χ3v) is 7.82. The van der Waals surface area contributed by atoms with Gasteiger partial charge in [-0.25, -0.2) is 8.42 Å². The molecule has 8 heteroatoms. The topological polar surface area (TPSA) is 87.3 Å². The van der Waals surface area contributed by atoms with Gasteiger partial charge in [-0.15, -0.1) is 11.3 Å². The first-order valence-corrected chi connectivity index (χ1v) is 13.0. The summed E-state index contributed by atoms with van der Waals surface area (Å²) >= 11 is 1.68. The fraction of sp³-hybridized carbons (Fsp3) is 0.292. The van der Waals surface area contributed by atoms with Crippen molar-refractivity contribution in [1.82, 2.24) is 5.32 Å². The van der Waals surface area contributed by atoms with Gasteiger partial charge >= 0.3 is 0 Å². The second-order valence-electron chi connectivity index (χ2n) is 8.04. The van der Waals surface area contributed by atoms with Crippen LogP contribution >= 0.6 is 11.3 Å². The van der Waals surface area contributed by atoms with Crippen LogP contribution in [0.2, 0.25) is 0 Å². The van der Waals surface area contributed by atoms with E-state index in [9.17, 15) is 13.2 Å². The van der Waals surface area contributed by atoms with E-state index in [4.69, 9.17) is 0 Å². The van der Waals surface area contributed by atoms with Crippen LogP contribution in [-0.2, 0) is 16.6 Å². The minimum Gasteiger partial charge on any atom is -0.380 e. The van der Waals surface area contributed by atoms with Crippen molar-refractivity contribution < 1.29 is 13.2 Å². The smallest absolute Gasteiger partial charge is 0.261 e. The average molecular weight is 470 g/mol. The maximum absolute atomic E-state index is 13.1. The highest BCUT2D eigenvalue weighted by atomic mass is 32.2. The molecule has 1 saturated carbocycles. The first-order chi connectivity index (χ1) is 15.4. The van der Waals surface area contributed by atoms with Crippen LogP contribution in [0.15, 0.2) is 65.6 Å². The number of anilines is 2. The van der Waals surface area contributed by atoms with Crippen LogP contribution in [-0.4, -0.2) is 20.4 Å². The van der Waals surface area contributed by atoms with Gasteiger partial charge in [-0.3, -0.25) is 9.52 Å². The summed E-state index contributed by atoms with van der Waals surface area (Å²) in [5.41, 5.74) is 1.39. The number of amides is 1. The normalized spacial score (nSPS) is 14.3. The molecular formula is C24H27N3O3S2. The van der Waals surface area contributed by atoms with Crippen LogP contribution in [0.1, 0.15) is 45.8 Å². The lowest BCUT2D eigenvalue weighted by atomic mass is 10.1. The minimum absolute atomic E-state index is 0.0466. The second kappa shape index (κ2) is 9.75. The molecule has 1 heterocycles. The number of hydrogen-bond donors (Lipinski definition) is 3. The van der Waals surface area contributed by atoms with Crippen LogP contribution in [0.5, 0.6) is 0 Å². The van der Waals surface area contributed by atoms with Crippen molar-refractivity contribution >= 4 is 38.6 Å². The fourth-order valence-corrected chi connectivity index (χ4v) is 5.77. The second-order valence-corrected chi connectivity index (χ2v) is 11.1. The predicted octanol–water partition coefficient (Wildman–Crippen LogP) is 5.14. The van der Waals surface area contributed by atoms with Gasteiger partial charge in [0.15, 0.2) is 0 Å². The first-order valence-electron chi connectivity index (χ1n) is 10.7. The summed E-state index contributed by atoms with van der Waals surface area (Å²) < 4.78 is 28.8. The van der Waals surface area contributed by atoms with Gasteiger partial charge in [0.05, 0.1) is 4.90 Å². The highest BCUT2D eigenvalue weighted by Gasteiger charge is 2.21. The van der Waals surface area contributed by atoms with Crippen molar-refractivity contribution in [2.24, 2.45) is 0 Å². The molecule has 1 aliphatic rings. The van der Waals surface area contributed by atoms with Crippen molar-refractivity contribution in [3.8, 4) is 0 Å². The van der Waals surface area contributed by atoms with Crippen molar-refractivity contribution in [3.05, 3.63) is 76.0 Å². The highest BCUT2D eigenvalue weighted by molar-refractivity contribution is 7.92. The number of aryl methyl sites for hydroxylation is 1. The van der Waals surface area contributed by atoms with Crippen LogP contribution in [0, 0.1) is 6.92 Å². The van der Waals surface area contributed by atoms with Gasteiger partial charge in [-0.1, -0.05) is 31.0 Å². The van der Waals surface area contributed by atoms with Crippen LogP contribution < -0.4 is 15.4 Å². The van der Waals surface area contributed by atoms with E-state index in [1.165, 1.54) is 10.9 Å². The summed E-state index contributed by atoms with van der Waals surface area (Å²) in [6.07, 6.45) is 4.13. The standard InChI is InChI=1S/C24H27N3O3S2/c1-17-11-12-22(31-17)16-25-21-13-18(24(28)26-19-7-5-6-8-19)14-23(15-21)32(29,30)27-20-9-3-2-4-10-20/h2-4,9-15,19,25,27H,5-8,16H2,1H3,(H,26,28). The van der Waals surface area contributed by atoms with Crippen molar-refractivity contribution in [2.45, 2.75) is 50.1 Å². The molecule has 0 saturated heterocycles. The summed E-state index contributed by atoms with van der Waals surface area (Å²) in [4.78, 5) is 15.3. The summed E-state index contributed by atoms with van der Waals surface area (Å²) in [5, 5.41) is 6.33. The summed E-state index contributed by atoms with van der Waals surface area (Å²) in [6.45, 7) is 2.60. The minimum atomic E-state index is -3.87. The van der Waals surface area contributed by atoms with Crippen molar-refractivity contribution in [1.29, 1.82) is 0 Å². The van der Waals surface area contributed by atoms with E-state index in [1.807, 2.05) is 25.1 Å². The largest absolute Gasteiger partial charge is 0.380 e. The van der Waals surface area contributed by atoms with Crippen LogP contribution in [0.4, 0.5) is 11.4 Å². The molecule has 0 spiro atoms. The van der Waals surface area contributed by atoms with E-state index in [0.717, 1.165) is 30.6 Å². The van der Waals surface area contributed by atoms with Crippen molar-refractivity contribution in [2.75, 3.05) is 10.0 Å².